The number of benzene rings is 1. The number of imide groups is 1. The number of phenols is 1. The van der Waals surface area contributed by atoms with Gasteiger partial charge in [0.25, 0.3) is 5.91 Å². The van der Waals surface area contributed by atoms with Crippen molar-refractivity contribution in [2.24, 2.45) is 0 Å². The first-order valence-electron chi connectivity index (χ1n) is 5.42. The Morgan fingerprint density at radius 2 is 1.94 bits per heavy atom. The quantitative estimate of drug-likeness (QED) is 0.707. The third-order valence-corrected chi connectivity index (χ3v) is 2.66. The Balaban J connectivity index is 0.000000136. The first kappa shape index (κ1) is 11.4. The van der Waals surface area contributed by atoms with Crippen molar-refractivity contribution in [3.63, 3.8) is 0 Å². The zero-order chi connectivity index (χ0) is 12.3. The number of alkyl carbamates (subject to hydrolysis) is 1. The van der Waals surface area contributed by atoms with Gasteiger partial charge in [-0.05, 0) is 42.5 Å². The maximum atomic E-state index is 10.00. The van der Waals surface area contributed by atoms with Crippen molar-refractivity contribution < 1.29 is 19.4 Å². The summed E-state index contributed by atoms with van der Waals surface area (Å²) in [6.07, 6.45) is 2.93. The van der Waals surface area contributed by atoms with Crippen molar-refractivity contribution in [3.05, 3.63) is 29.3 Å². The molecule has 0 bridgehead atoms. The van der Waals surface area contributed by atoms with E-state index >= 15 is 0 Å². The van der Waals surface area contributed by atoms with E-state index in [0.29, 0.717) is 5.75 Å². The first-order valence-corrected chi connectivity index (χ1v) is 5.42. The highest BCUT2D eigenvalue weighted by Gasteiger charge is 2.17. The number of hydrogen-bond acceptors (Lipinski definition) is 4. The Morgan fingerprint density at radius 3 is 2.53 bits per heavy atom. The Bertz CT molecular complexity index is 442. The molecular weight excluding hydrogens is 222 g/mol. The lowest BCUT2D eigenvalue weighted by atomic mass is 10.1. The highest BCUT2D eigenvalue weighted by molar-refractivity contribution is 5.97. The molecule has 2 aliphatic rings. The van der Waals surface area contributed by atoms with Crippen LogP contribution in [0.4, 0.5) is 4.79 Å². The molecule has 1 aliphatic carbocycles. The zero-order valence-electron chi connectivity index (χ0n) is 9.23. The predicted octanol–water partition coefficient (Wildman–Crippen LogP) is 1.13. The Kier molecular flexibility index (Phi) is 3.27. The largest absolute Gasteiger partial charge is 0.508 e. The molecular formula is C12H13NO4. The summed E-state index contributed by atoms with van der Waals surface area (Å²) >= 11 is 0. The van der Waals surface area contributed by atoms with Crippen LogP contribution in [0.5, 0.6) is 5.75 Å². The number of fused-ring (bicyclic) bond motifs is 1. The molecule has 0 unspecified atom stereocenters. The smallest absolute Gasteiger partial charge is 0.414 e. The van der Waals surface area contributed by atoms with Gasteiger partial charge in [0.05, 0.1) is 0 Å². The lowest BCUT2D eigenvalue weighted by molar-refractivity contribution is -0.119. The topological polar surface area (TPSA) is 75.6 Å². The van der Waals surface area contributed by atoms with Gasteiger partial charge in [-0.25, -0.2) is 4.79 Å². The number of carbonyl (C=O) groups excluding carboxylic acids is 2. The Morgan fingerprint density at radius 1 is 1.18 bits per heavy atom. The molecule has 1 aromatic rings. The second-order valence-corrected chi connectivity index (χ2v) is 3.93. The Labute approximate surface area is 98.4 Å². The summed E-state index contributed by atoms with van der Waals surface area (Å²) in [5.41, 5.74) is 2.75. The van der Waals surface area contributed by atoms with Crippen molar-refractivity contribution in [2.75, 3.05) is 6.61 Å². The van der Waals surface area contributed by atoms with Gasteiger partial charge in [-0.3, -0.25) is 10.1 Å². The van der Waals surface area contributed by atoms with Crippen molar-refractivity contribution in [1.82, 2.24) is 5.32 Å². The second-order valence-electron chi connectivity index (χ2n) is 3.93. The number of carbonyl (C=O) groups is 2. The standard InChI is InChI=1S/C9H10O.C3H3NO3/c10-9-5-4-7-2-1-3-8(7)6-9;5-2-1-7-3(6)4-2/h4-6,10H,1-3H2;1H2,(H,4,5,6). The molecule has 1 heterocycles. The summed E-state index contributed by atoms with van der Waals surface area (Å²) < 4.78 is 4.17. The zero-order valence-corrected chi connectivity index (χ0v) is 9.23. The van der Waals surface area contributed by atoms with Gasteiger partial charge in [0.1, 0.15) is 5.75 Å². The van der Waals surface area contributed by atoms with Crippen LogP contribution in [0.1, 0.15) is 17.5 Å². The third-order valence-electron chi connectivity index (χ3n) is 2.66. The van der Waals surface area contributed by atoms with Crippen LogP contribution in [-0.2, 0) is 22.4 Å². The van der Waals surface area contributed by atoms with Gasteiger partial charge >= 0.3 is 6.09 Å². The fraction of sp³-hybridized carbons (Fsp3) is 0.333. The molecule has 5 heteroatoms. The van der Waals surface area contributed by atoms with Crippen LogP contribution in [0.25, 0.3) is 0 Å². The number of amides is 2. The van der Waals surface area contributed by atoms with E-state index < -0.39 is 6.09 Å². The van der Waals surface area contributed by atoms with E-state index in [1.807, 2.05) is 17.4 Å². The molecule has 90 valence electrons. The minimum atomic E-state index is -0.648. The van der Waals surface area contributed by atoms with Gasteiger partial charge < -0.3 is 9.84 Å². The van der Waals surface area contributed by atoms with E-state index in [-0.39, 0.29) is 12.5 Å². The highest BCUT2D eigenvalue weighted by Crippen LogP contribution is 2.24. The molecule has 0 spiro atoms. The third kappa shape index (κ3) is 2.96. The molecule has 2 N–H and O–H groups in total. The van der Waals surface area contributed by atoms with Crippen LogP contribution >= 0.6 is 0 Å². The molecule has 1 saturated heterocycles. The van der Waals surface area contributed by atoms with Crippen LogP contribution in [0.2, 0.25) is 0 Å². The fourth-order valence-electron chi connectivity index (χ4n) is 1.88. The molecule has 1 aliphatic heterocycles. The van der Waals surface area contributed by atoms with Gasteiger partial charge in [0.2, 0.25) is 0 Å². The molecule has 3 rings (SSSR count). The number of nitrogens with one attached hydrogen (secondary N) is 1. The number of phenolic OH excluding ortho intramolecular Hbond substituents is 1. The van der Waals surface area contributed by atoms with E-state index in [1.54, 1.807) is 6.07 Å². The van der Waals surface area contributed by atoms with Gasteiger partial charge in [0.15, 0.2) is 6.61 Å². The Hall–Kier alpha value is -2.04. The molecule has 0 aromatic heterocycles. The summed E-state index contributed by atoms with van der Waals surface area (Å²) in [4.78, 5) is 19.9. The lowest BCUT2D eigenvalue weighted by Crippen LogP contribution is -2.18. The molecule has 0 radical (unpaired) electrons. The summed E-state index contributed by atoms with van der Waals surface area (Å²) in [6, 6.07) is 5.67. The number of cyclic esters (lactones) is 1. The maximum absolute atomic E-state index is 10.00. The van der Waals surface area contributed by atoms with Crippen LogP contribution in [0.3, 0.4) is 0 Å². The van der Waals surface area contributed by atoms with Gasteiger partial charge in [-0.15, -0.1) is 0 Å². The van der Waals surface area contributed by atoms with Crippen LogP contribution in [0, 0.1) is 0 Å². The number of rotatable bonds is 0. The van der Waals surface area contributed by atoms with Crippen LogP contribution in [-0.4, -0.2) is 23.7 Å². The molecule has 1 aromatic carbocycles. The first-order chi connectivity index (χ1) is 8.15. The molecule has 5 nitrogen and oxygen atoms in total. The summed E-state index contributed by atoms with van der Waals surface area (Å²) in [6.45, 7) is -0.126. The summed E-state index contributed by atoms with van der Waals surface area (Å²) in [7, 11) is 0. The average molecular weight is 235 g/mol. The van der Waals surface area contributed by atoms with Gasteiger partial charge in [-0.2, -0.15) is 0 Å². The molecule has 0 atom stereocenters. The maximum Gasteiger partial charge on any atom is 0.414 e. The fourth-order valence-corrected chi connectivity index (χ4v) is 1.88. The lowest BCUT2D eigenvalue weighted by Gasteiger charge is -1.97. The highest BCUT2D eigenvalue weighted by atomic mass is 16.6. The number of aromatic hydroxyl groups is 1. The van der Waals surface area contributed by atoms with E-state index in [4.69, 9.17) is 5.11 Å². The van der Waals surface area contributed by atoms with E-state index in [9.17, 15) is 9.59 Å². The van der Waals surface area contributed by atoms with E-state index in [1.165, 1.54) is 24.0 Å². The minimum Gasteiger partial charge on any atom is -0.508 e. The van der Waals surface area contributed by atoms with Crippen molar-refractivity contribution >= 4 is 12.0 Å². The minimum absolute atomic E-state index is 0.126. The normalized spacial score (nSPS) is 16.7. The molecule has 0 saturated carbocycles. The SMILES string of the molecule is O=C1COC(=O)N1.Oc1ccc2c(c1)CCC2. The molecule has 2 amide bonds. The summed E-state index contributed by atoms with van der Waals surface area (Å²) in [5.74, 6) is 0.0330. The molecule has 1 fully saturated rings. The van der Waals surface area contributed by atoms with Gasteiger partial charge in [0, 0.05) is 0 Å². The number of aryl methyl sites for hydroxylation is 2. The van der Waals surface area contributed by atoms with Crippen LogP contribution < -0.4 is 5.32 Å². The van der Waals surface area contributed by atoms with Crippen molar-refractivity contribution in [2.45, 2.75) is 19.3 Å². The van der Waals surface area contributed by atoms with Crippen molar-refractivity contribution in [3.8, 4) is 5.75 Å². The van der Waals surface area contributed by atoms with Crippen LogP contribution in [0.15, 0.2) is 18.2 Å². The monoisotopic (exact) mass is 235 g/mol. The van der Waals surface area contributed by atoms with Crippen molar-refractivity contribution in [1.29, 1.82) is 0 Å². The second kappa shape index (κ2) is 4.86. The number of hydrogen-bond donors (Lipinski definition) is 2. The predicted molar refractivity (Wildman–Crippen MR) is 59.6 cm³/mol. The van der Waals surface area contributed by atoms with E-state index in [2.05, 4.69) is 4.74 Å². The molecule has 17 heavy (non-hydrogen) atoms. The average Bonchev–Trinajstić information content (AvgIpc) is 2.87. The van der Waals surface area contributed by atoms with E-state index in [0.717, 1.165) is 6.42 Å². The number of ether oxygens (including phenoxy) is 1. The van der Waals surface area contributed by atoms with Gasteiger partial charge in [-0.1, -0.05) is 6.07 Å². The summed E-state index contributed by atoms with van der Waals surface area (Å²) in [5, 5.41) is 11.0.